The molecule has 0 radical (unpaired) electrons. The van der Waals surface area contributed by atoms with E-state index in [1.54, 1.807) is 18.7 Å². The summed E-state index contributed by atoms with van der Waals surface area (Å²) >= 11 is 8.00. The first-order valence-corrected chi connectivity index (χ1v) is 7.05. The van der Waals surface area contributed by atoms with Crippen LogP contribution >= 0.6 is 23.4 Å². The molecule has 1 atom stereocenters. The molecule has 1 unspecified atom stereocenters. The van der Waals surface area contributed by atoms with Crippen LogP contribution in [0.1, 0.15) is 38.3 Å². The first kappa shape index (κ1) is 13.0. The molecule has 2 rings (SSSR count). The number of hydrogen-bond donors (Lipinski definition) is 0. The van der Waals surface area contributed by atoms with Gasteiger partial charge in [-0.25, -0.2) is 0 Å². The van der Waals surface area contributed by atoms with E-state index in [2.05, 4.69) is 20.8 Å². The minimum absolute atomic E-state index is 0.0278. The third-order valence-corrected chi connectivity index (χ3v) is 5.25. The van der Waals surface area contributed by atoms with Gasteiger partial charge in [-0.2, -0.15) is 0 Å². The predicted molar refractivity (Wildman–Crippen MR) is 74.2 cm³/mol. The lowest BCUT2D eigenvalue weighted by molar-refractivity contribution is -0.116. The summed E-state index contributed by atoms with van der Waals surface area (Å²) in [7, 11) is 0. The van der Waals surface area contributed by atoms with Gasteiger partial charge in [-0.05, 0) is 42.9 Å². The minimum atomic E-state index is -0.0278. The molecule has 1 heterocycles. The van der Waals surface area contributed by atoms with Crippen LogP contribution in [0.2, 0.25) is 5.02 Å². The van der Waals surface area contributed by atoms with Crippen molar-refractivity contribution in [2.75, 3.05) is 0 Å². The van der Waals surface area contributed by atoms with Gasteiger partial charge >= 0.3 is 0 Å². The van der Waals surface area contributed by atoms with Crippen LogP contribution in [0.4, 0.5) is 0 Å². The second-order valence-corrected chi connectivity index (χ2v) is 6.99. The lowest BCUT2D eigenvalue weighted by atomic mass is 9.78. The van der Waals surface area contributed by atoms with Crippen molar-refractivity contribution in [3.8, 4) is 0 Å². The van der Waals surface area contributed by atoms with Crippen LogP contribution in [0, 0.1) is 6.92 Å². The Morgan fingerprint density at radius 1 is 1.47 bits per heavy atom. The molecule has 92 valence electrons. The monoisotopic (exact) mass is 268 g/mol. The lowest BCUT2D eigenvalue weighted by Crippen LogP contribution is -2.32. The van der Waals surface area contributed by atoms with E-state index in [0.29, 0.717) is 0 Å². The van der Waals surface area contributed by atoms with Gasteiger partial charge in [0, 0.05) is 9.92 Å². The second-order valence-electron chi connectivity index (χ2n) is 5.37. The SMILES string of the molecule is CC(=O)C1CC(C)(C)c2c(Cl)ccc(C)c2S1. The zero-order chi connectivity index (χ0) is 12.8. The van der Waals surface area contributed by atoms with Crippen molar-refractivity contribution in [1.82, 2.24) is 0 Å². The topological polar surface area (TPSA) is 17.1 Å². The molecule has 17 heavy (non-hydrogen) atoms. The number of ketones is 1. The van der Waals surface area contributed by atoms with E-state index in [4.69, 9.17) is 11.6 Å². The molecule has 0 fully saturated rings. The average molecular weight is 269 g/mol. The van der Waals surface area contributed by atoms with E-state index in [-0.39, 0.29) is 16.4 Å². The molecule has 0 saturated carbocycles. The van der Waals surface area contributed by atoms with Crippen molar-refractivity contribution in [3.05, 3.63) is 28.3 Å². The van der Waals surface area contributed by atoms with Crippen molar-refractivity contribution in [3.63, 3.8) is 0 Å². The Balaban J connectivity index is 2.60. The maximum absolute atomic E-state index is 11.6. The standard InChI is InChI=1S/C14H17ClOS/c1-8-5-6-10(15)12-13(8)17-11(9(2)16)7-14(12,3)4/h5-6,11H,7H2,1-4H3. The normalized spacial score (nSPS) is 22.1. The third kappa shape index (κ3) is 2.25. The fourth-order valence-electron chi connectivity index (χ4n) is 2.42. The quantitative estimate of drug-likeness (QED) is 0.752. The molecular weight excluding hydrogens is 252 g/mol. The maximum Gasteiger partial charge on any atom is 0.143 e. The lowest BCUT2D eigenvalue weighted by Gasteiger charge is -2.37. The number of carbonyl (C=O) groups excluding carboxylic acids is 1. The van der Waals surface area contributed by atoms with Crippen LogP contribution in [-0.4, -0.2) is 11.0 Å². The third-order valence-electron chi connectivity index (χ3n) is 3.39. The summed E-state index contributed by atoms with van der Waals surface area (Å²) in [5, 5.41) is 0.889. The van der Waals surface area contributed by atoms with Gasteiger partial charge in [0.1, 0.15) is 5.78 Å². The molecule has 0 amide bonds. The number of thioether (sulfide) groups is 1. The highest BCUT2D eigenvalue weighted by Crippen LogP contribution is 2.49. The molecule has 0 bridgehead atoms. The van der Waals surface area contributed by atoms with Crippen molar-refractivity contribution in [2.45, 2.75) is 49.7 Å². The molecule has 1 aromatic carbocycles. The summed E-state index contributed by atoms with van der Waals surface area (Å²) in [4.78, 5) is 12.8. The van der Waals surface area contributed by atoms with Crippen LogP contribution < -0.4 is 0 Å². The summed E-state index contributed by atoms with van der Waals surface area (Å²) in [6.07, 6.45) is 0.864. The van der Waals surface area contributed by atoms with Crippen LogP contribution in [0.25, 0.3) is 0 Å². The van der Waals surface area contributed by atoms with Crippen LogP contribution in [0.5, 0.6) is 0 Å². The molecule has 1 aliphatic rings. The molecule has 0 aliphatic carbocycles. The molecular formula is C14H17ClOS. The van der Waals surface area contributed by atoms with Gasteiger partial charge in [0.25, 0.3) is 0 Å². The number of hydrogen-bond acceptors (Lipinski definition) is 2. The van der Waals surface area contributed by atoms with Gasteiger partial charge in [0.2, 0.25) is 0 Å². The van der Waals surface area contributed by atoms with Gasteiger partial charge in [0.15, 0.2) is 0 Å². The van der Waals surface area contributed by atoms with Crippen molar-refractivity contribution < 1.29 is 4.79 Å². The number of aryl methyl sites for hydroxylation is 1. The minimum Gasteiger partial charge on any atom is -0.299 e. The highest BCUT2D eigenvalue weighted by atomic mass is 35.5. The van der Waals surface area contributed by atoms with E-state index in [0.717, 1.165) is 11.4 Å². The van der Waals surface area contributed by atoms with Crippen molar-refractivity contribution in [2.24, 2.45) is 0 Å². The number of carbonyl (C=O) groups is 1. The van der Waals surface area contributed by atoms with E-state index in [9.17, 15) is 4.79 Å². The predicted octanol–water partition coefficient (Wildman–Crippen LogP) is 4.38. The molecule has 0 N–H and O–H groups in total. The molecule has 0 spiro atoms. The Hall–Kier alpha value is -0.470. The fraction of sp³-hybridized carbons (Fsp3) is 0.500. The van der Waals surface area contributed by atoms with Gasteiger partial charge < -0.3 is 0 Å². The van der Waals surface area contributed by atoms with E-state index in [1.807, 2.05) is 12.1 Å². The molecule has 1 aromatic rings. The van der Waals surface area contributed by atoms with Crippen LogP contribution in [0.15, 0.2) is 17.0 Å². The summed E-state index contributed by atoms with van der Waals surface area (Å²) < 4.78 is 0. The number of rotatable bonds is 1. The zero-order valence-electron chi connectivity index (χ0n) is 10.6. The molecule has 0 aromatic heterocycles. The largest absolute Gasteiger partial charge is 0.299 e. The molecule has 1 aliphatic heterocycles. The van der Waals surface area contributed by atoms with E-state index in [1.165, 1.54) is 16.0 Å². The molecule has 1 nitrogen and oxygen atoms in total. The Kier molecular flexibility index (Phi) is 3.30. The maximum atomic E-state index is 11.6. The summed E-state index contributed by atoms with van der Waals surface area (Å²) in [6.45, 7) is 8.11. The smallest absolute Gasteiger partial charge is 0.143 e. The number of benzene rings is 1. The summed E-state index contributed by atoms with van der Waals surface area (Å²) in [5.74, 6) is 0.258. The Morgan fingerprint density at radius 3 is 2.71 bits per heavy atom. The Morgan fingerprint density at radius 2 is 2.12 bits per heavy atom. The Labute approximate surface area is 112 Å². The van der Waals surface area contributed by atoms with Gasteiger partial charge in [-0.3, -0.25) is 4.79 Å². The van der Waals surface area contributed by atoms with Crippen LogP contribution in [0.3, 0.4) is 0 Å². The second kappa shape index (κ2) is 4.33. The fourth-order valence-corrected chi connectivity index (χ4v) is 4.60. The highest BCUT2D eigenvalue weighted by molar-refractivity contribution is 8.00. The number of Topliss-reactive ketones (excluding diaryl/α,β-unsaturated/α-hetero) is 1. The Bertz CT molecular complexity index is 479. The summed E-state index contributed by atoms with van der Waals surface area (Å²) in [5.41, 5.74) is 2.40. The number of fused-ring (bicyclic) bond motifs is 1. The van der Waals surface area contributed by atoms with Gasteiger partial charge in [0.05, 0.1) is 5.25 Å². The molecule has 0 saturated heterocycles. The molecule has 3 heteroatoms. The average Bonchev–Trinajstić information content (AvgIpc) is 2.21. The van der Waals surface area contributed by atoms with E-state index >= 15 is 0 Å². The van der Waals surface area contributed by atoms with E-state index < -0.39 is 0 Å². The summed E-state index contributed by atoms with van der Waals surface area (Å²) in [6, 6.07) is 4.00. The number of halogens is 1. The zero-order valence-corrected chi connectivity index (χ0v) is 12.2. The van der Waals surface area contributed by atoms with Gasteiger partial charge in [-0.1, -0.05) is 31.5 Å². The highest BCUT2D eigenvalue weighted by Gasteiger charge is 2.37. The van der Waals surface area contributed by atoms with Crippen LogP contribution in [-0.2, 0) is 10.2 Å². The van der Waals surface area contributed by atoms with Gasteiger partial charge in [-0.15, -0.1) is 11.8 Å². The first-order chi connectivity index (χ1) is 7.83. The van der Waals surface area contributed by atoms with Crippen molar-refractivity contribution >= 4 is 29.1 Å². The first-order valence-electron chi connectivity index (χ1n) is 5.79. The van der Waals surface area contributed by atoms with Crippen molar-refractivity contribution in [1.29, 1.82) is 0 Å².